The average Bonchev–Trinajstić information content (AvgIpc) is 2.64. The van der Waals surface area contributed by atoms with Gasteiger partial charge in [-0.05, 0) is 67.1 Å². The van der Waals surface area contributed by atoms with Crippen LogP contribution in [0.3, 0.4) is 0 Å². The third-order valence-corrected chi connectivity index (χ3v) is 4.86. The number of hydrogen-bond acceptors (Lipinski definition) is 3. The number of nitrogens with one attached hydrogen (secondary N) is 1. The molecule has 1 unspecified atom stereocenters. The zero-order valence-corrected chi connectivity index (χ0v) is 14.8. The summed E-state index contributed by atoms with van der Waals surface area (Å²) in [4.78, 5) is 0. The predicted octanol–water partition coefficient (Wildman–Crippen LogP) is 4.11. The van der Waals surface area contributed by atoms with Gasteiger partial charge in [-0.2, -0.15) is 0 Å². The van der Waals surface area contributed by atoms with Gasteiger partial charge in [-0.15, -0.1) is 0 Å². The molecule has 0 saturated carbocycles. The van der Waals surface area contributed by atoms with E-state index in [0.717, 1.165) is 18.5 Å². The Morgan fingerprint density at radius 1 is 1.08 bits per heavy atom. The van der Waals surface area contributed by atoms with Crippen molar-refractivity contribution >= 4 is 0 Å². The second-order valence-electron chi connectivity index (χ2n) is 6.37. The van der Waals surface area contributed by atoms with Gasteiger partial charge in [0.1, 0.15) is 0 Å². The molecule has 3 nitrogen and oxygen atoms in total. The van der Waals surface area contributed by atoms with Crippen molar-refractivity contribution in [3.63, 3.8) is 0 Å². The van der Waals surface area contributed by atoms with Crippen LogP contribution in [0.25, 0.3) is 0 Å². The molecular formula is C20H23F2NO2. The zero-order valence-electron chi connectivity index (χ0n) is 14.8. The van der Waals surface area contributed by atoms with Crippen LogP contribution in [0.2, 0.25) is 0 Å². The molecular weight excluding hydrogens is 324 g/mol. The van der Waals surface area contributed by atoms with Gasteiger partial charge in [0.15, 0.2) is 23.1 Å². The van der Waals surface area contributed by atoms with Crippen LogP contribution >= 0.6 is 0 Å². The van der Waals surface area contributed by atoms with Crippen molar-refractivity contribution in [1.29, 1.82) is 0 Å². The fraction of sp³-hybridized carbons (Fsp3) is 0.400. The number of benzene rings is 2. The molecule has 1 atom stereocenters. The van der Waals surface area contributed by atoms with Crippen molar-refractivity contribution < 1.29 is 18.3 Å². The Hall–Kier alpha value is -2.14. The highest BCUT2D eigenvalue weighted by molar-refractivity contribution is 5.49. The Balaban J connectivity index is 1.83. The van der Waals surface area contributed by atoms with Gasteiger partial charge < -0.3 is 14.8 Å². The third-order valence-electron chi connectivity index (χ3n) is 4.86. The van der Waals surface area contributed by atoms with Crippen molar-refractivity contribution in [2.24, 2.45) is 0 Å². The Kier molecular flexibility index (Phi) is 5.23. The molecule has 1 aliphatic rings. The summed E-state index contributed by atoms with van der Waals surface area (Å²) in [5.41, 5.74) is 3.09. The first-order valence-electron chi connectivity index (χ1n) is 8.46. The highest BCUT2D eigenvalue weighted by Crippen LogP contribution is 2.36. The second kappa shape index (κ2) is 7.40. The van der Waals surface area contributed by atoms with E-state index in [1.165, 1.54) is 5.56 Å². The van der Waals surface area contributed by atoms with Crippen LogP contribution in [0.4, 0.5) is 8.78 Å². The highest BCUT2D eigenvalue weighted by Gasteiger charge is 2.23. The van der Waals surface area contributed by atoms with E-state index in [2.05, 4.69) is 5.32 Å². The minimum atomic E-state index is -0.749. The predicted molar refractivity (Wildman–Crippen MR) is 93.4 cm³/mol. The van der Waals surface area contributed by atoms with Gasteiger partial charge in [-0.1, -0.05) is 12.1 Å². The maximum atomic E-state index is 14.1. The maximum Gasteiger partial charge on any atom is 0.162 e. The lowest BCUT2D eigenvalue weighted by atomic mass is 9.90. The SMILES string of the molecule is COc1cc2c(cc1OC)C(CCc1ccc(C)c(F)c1F)NCC2. The maximum absolute atomic E-state index is 14.1. The second-order valence-corrected chi connectivity index (χ2v) is 6.37. The van der Waals surface area contributed by atoms with Gasteiger partial charge in [0, 0.05) is 6.04 Å². The van der Waals surface area contributed by atoms with Crippen molar-refractivity contribution in [2.75, 3.05) is 20.8 Å². The van der Waals surface area contributed by atoms with E-state index >= 15 is 0 Å². The molecule has 0 radical (unpaired) electrons. The number of halogens is 2. The molecule has 0 amide bonds. The van der Waals surface area contributed by atoms with Crippen LogP contribution in [0.1, 0.15) is 34.7 Å². The van der Waals surface area contributed by atoms with E-state index < -0.39 is 11.6 Å². The molecule has 0 saturated heterocycles. The summed E-state index contributed by atoms with van der Waals surface area (Å²) in [6.07, 6.45) is 2.05. The van der Waals surface area contributed by atoms with E-state index in [1.807, 2.05) is 12.1 Å². The van der Waals surface area contributed by atoms with Gasteiger partial charge in [0.25, 0.3) is 0 Å². The fourth-order valence-electron chi connectivity index (χ4n) is 3.41. The third kappa shape index (κ3) is 3.47. The van der Waals surface area contributed by atoms with E-state index in [-0.39, 0.29) is 6.04 Å². The topological polar surface area (TPSA) is 30.5 Å². The molecule has 0 aliphatic carbocycles. The quantitative estimate of drug-likeness (QED) is 0.883. The molecule has 2 aromatic carbocycles. The highest BCUT2D eigenvalue weighted by atomic mass is 19.2. The van der Waals surface area contributed by atoms with Crippen LogP contribution < -0.4 is 14.8 Å². The van der Waals surface area contributed by atoms with E-state index in [1.54, 1.807) is 33.3 Å². The smallest absolute Gasteiger partial charge is 0.162 e. The lowest BCUT2D eigenvalue weighted by molar-refractivity contribution is 0.351. The normalized spacial score (nSPS) is 16.4. The van der Waals surface area contributed by atoms with Crippen LogP contribution in [-0.2, 0) is 12.8 Å². The monoisotopic (exact) mass is 347 g/mol. The minimum Gasteiger partial charge on any atom is -0.493 e. The molecule has 1 heterocycles. The summed E-state index contributed by atoms with van der Waals surface area (Å²) >= 11 is 0. The Morgan fingerprint density at radius 2 is 1.80 bits per heavy atom. The lowest BCUT2D eigenvalue weighted by Crippen LogP contribution is -2.30. The molecule has 1 aliphatic heterocycles. The first-order chi connectivity index (χ1) is 12.0. The Labute approximate surface area is 147 Å². The number of methoxy groups -OCH3 is 2. The first-order valence-corrected chi connectivity index (χ1v) is 8.46. The number of ether oxygens (including phenoxy) is 2. The number of hydrogen-bond donors (Lipinski definition) is 1. The number of aryl methyl sites for hydroxylation is 2. The van der Waals surface area contributed by atoms with Crippen molar-refractivity contribution in [2.45, 2.75) is 32.2 Å². The van der Waals surface area contributed by atoms with Gasteiger partial charge in [0.2, 0.25) is 0 Å². The van der Waals surface area contributed by atoms with Crippen molar-refractivity contribution in [3.05, 3.63) is 58.2 Å². The molecule has 25 heavy (non-hydrogen) atoms. The number of rotatable bonds is 5. The molecule has 0 fully saturated rings. The molecule has 3 rings (SSSR count). The summed E-state index contributed by atoms with van der Waals surface area (Å²) < 4.78 is 38.6. The lowest BCUT2D eigenvalue weighted by Gasteiger charge is -2.28. The summed E-state index contributed by atoms with van der Waals surface area (Å²) in [5, 5.41) is 3.47. The minimum absolute atomic E-state index is 0.0762. The zero-order chi connectivity index (χ0) is 18.0. The van der Waals surface area contributed by atoms with Crippen molar-refractivity contribution in [3.8, 4) is 11.5 Å². The van der Waals surface area contributed by atoms with E-state index in [4.69, 9.17) is 9.47 Å². The van der Waals surface area contributed by atoms with Gasteiger partial charge in [-0.3, -0.25) is 0 Å². The standard InChI is InChI=1S/C20H23F2NO2/c1-12-4-5-13(20(22)19(12)21)6-7-16-15-11-18(25-3)17(24-2)10-14(15)8-9-23-16/h4-5,10-11,16,23H,6-9H2,1-3H3. The van der Waals surface area contributed by atoms with Crippen molar-refractivity contribution in [1.82, 2.24) is 5.32 Å². The summed E-state index contributed by atoms with van der Waals surface area (Å²) in [6.45, 7) is 2.42. The molecule has 0 aromatic heterocycles. The molecule has 5 heteroatoms. The Bertz CT molecular complexity index is 777. The van der Waals surface area contributed by atoms with Crippen LogP contribution in [0, 0.1) is 18.6 Å². The van der Waals surface area contributed by atoms with Crippen LogP contribution in [0.15, 0.2) is 24.3 Å². The molecule has 134 valence electrons. The van der Waals surface area contributed by atoms with Crippen LogP contribution in [0.5, 0.6) is 11.5 Å². The molecule has 2 aromatic rings. The molecule has 0 spiro atoms. The number of fused-ring (bicyclic) bond motifs is 1. The Morgan fingerprint density at radius 3 is 2.52 bits per heavy atom. The summed E-state index contributed by atoms with van der Waals surface area (Å²) in [5.74, 6) is -0.0830. The van der Waals surface area contributed by atoms with Gasteiger partial charge >= 0.3 is 0 Å². The average molecular weight is 347 g/mol. The molecule has 1 N–H and O–H groups in total. The van der Waals surface area contributed by atoms with E-state index in [0.29, 0.717) is 35.5 Å². The summed E-state index contributed by atoms with van der Waals surface area (Å²) in [6, 6.07) is 7.37. The van der Waals surface area contributed by atoms with Gasteiger partial charge in [-0.25, -0.2) is 8.78 Å². The van der Waals surface area contributed by atoms with Crippen LogP contribution in [-0.4, -0.2) is 20.8 Å². The van der Waals surface area contributed by atoms with E-state index in [9.17, 15) is 8.78 Å². The first kappa shape index (κ1) is 17.7. The van der Waals surface area contributed by atoms with Gasteiger partial charge in [0.05, 0.1) is 14.2 Å². The largest absolute Gasteiger partial charge is 0.493 e. The fourth-order valence-corrected chi connectivity index (χ4v) is 3.41. The summed E-state index contributed by atoms with van der Waals surface area (Å²) in [7, 11) is 3.23. The molecule has 0 bridgehead atoms.